The topological polar surface area (TPSA) is 79.5 Å². The molecule has 38 heavy (non-hydrogen) atoms. The van der Waals surface area contributed by atoms with Crippen LogP contribution in [-0.2, 0) is 16.2 Å². The number of carbonyl (C=O) groups excluding carboxylic acids is 2. The molecule has 3 atom stereocenters. The van der Waals surface area contributed by atoms with Crippen LogP contribution in [0.25, 0.3) is 0 Å². The Kier molecular flexibility index (Phi) is 6.49. The van der Waals surface area contributed by atoms with Crippen molar-refractivity contribution in [2.45, 2.75) is 29.7 Å². The zero-order valence-electron chi connectivity index (χ0n) is 19.9. The lowest BCUT2D eigenvalue weighted by molar-refractivity contribution is -0.122. The molecule has 1 saturated heterocycles. The molecule has 0 radical (unpaired) electrons. The van der Waals surface area contributed by atoms with E-state index in [1.807, 2.05) is 49.4 Å². The van der Waals surface area contributed by atoms with Gasteiger partial charge in [0.2, 0.25) is 11.8 Å². The zero-order chi connectivity index (χ0) is 26.6. The molecular formula is C28H20BrFN2O4S2. The zero-order valence-corrected chi connectivity index (χ0v) is 23.2. The molecule has 0 aliphatic carbocycles. The number of ether oxygens (including phenoxy) is 1. The summed E-state index contributed by atoms with van der Waals surface area (Å²) in [7, 11) is 0. The Morgan fingerprint density at radius 3 is 2.55 bits per heavy atom. The number of benzene rings is 3. The third kappa shape index (κ3) is 4.30. The average Bonchev–Trinajstić information content (AvgIpc) is 3.39. The number of hydrogen-bond donors (Lipinski definition) is 1. The highest BCUT2D eigenvalue weighted by Crippen LogP contribution is 2.54. The molecule has 192 valence electrons. The summed E-state index contributed by atoms with van der Waals surface area (Å²) >= 11 is 5.79. The summed E-state index contributed by atoms with van der Waals surface area (Å²) in [6.07, 6.45) is 0. The second-order valence-corrected chi connectivity index (χ2v) is 12.2. The fourth-order valence-corrected chi connectivity index (χ4v) is 7.90. The maximum Gasteiger partial charge on any atom is 0.305 e. The molecule has 6 rings (SSSR count). The molecule has 2 aliphatic heterocycles. The van der Waals surface area contributed by atoms with Gasteiger partial charge in [0, 0.05) is 20.8 Å². The van der Waals surface area contributed by atoms with Crippen molar-refractivity contribution in [3.8, 4) is 5.75 Å². The van der Waals surface area contributed by atoms with Crippen molar-refractivity contribution in [1.29, 1.82) is 0 Å². The van der Waals surface area contributed by atoms with E-state index in [4.69, 9.17) is 4.74 Å². The predicted molar refractivity (Wildman–Crippen MR) is 148 cm³/mol. The number of aryl methyl sites for hydroxylation is 1. The maximum atomic E-state index is 13.9. The Labute approximate surface area is 234 Å². The largest absolute Gasteiger partial charge is 0.489 e. The fraction of sp³-hybridized carbons (Fsp3) is 0.179. The molecule has 0 spiro atoms. The summed E-state index contributed by atoms with van der Waals surface area (Å²) < 4.78 is 20.7. The minimum absolute atomic E-state index is 0.250. The van der Waals surface area contributed by atoms with Gasteiger partial charge in [-0.15, -0.1) is 0 Å². The fourth-order valence-electron chi connectivity index (χ4n) is 5.02. The monoisotopic (exact) mass is 610 g/mol. The van der Waals surface area contributed by atoms with Crippen molar-refractivity contribution in [2.75, 3.05) is 4.90 Å². The normalized spacial score (nSPS) is 20.4. The van der Waals surface area contributed by atoms with E-state index < -0.39 is 28.8 Å². The maximum absolute atomic E-state index is 13.9. The number of fused-ring (bicyclic) bond motifs is 2. The molecule has 2 amide bonds. The summed E-state index contributed by atoms with van der Waals surface area (Å²) in [6, 6.07) is 18.8. The van der Waals surface area contributed by atoms with Gasteiger partial charge < -0.3 is 9.72 Å². The number of hydrogen-bond acceptors (Lipinski definition) is 6. The highest BCUT2D eigenvalue weighted by molar-refractivity contribution is 9.10. The number of amides is 2. The van der Waals surface area contributed by atoms with E-state index in [0.717, 1.165) is 31.8 Å². The first kappa shape index (κ1) is 25.1. The molecule has 1 N–H and O–H groups in total. The van der Waals surface area contributed by atoms with Crippen LogP contribution in [0.4, 0.5) is 10.1 Å². The van der Waals surface area contributed by atoms with Crippen molar-refractivity contribution in [2.24, 2.45) is 5.92 Å². The molecule has 3 heterocycles. The third-order valence-electron chi connectivity index (χ3n) is 6.86. The minimum atomic E-state index is -0.772. The van der Waals surface area contributed by atoms with Crippen molar-refractivity contribution >= 4 is 56.5 Å². The number of aromatic amines is 1. The Balaban J connectivity index is 1.45. The number of rotatable bonds is 5. The SMILES string of the molecule is Cc1ccccc1COc1ccc(Br)cc1C1c2sc(=O)[nH]c2SC2C(=O)N(c3ccc(F)cc3)C(=O)C21. The summed E-state index contributed by atoms with van der Waals surface area (Å²) in [5.74, 6) is -2.03. The number of carbonyl (C=O) groups is 2. The van der Waals surface area contributed by atoms with Crippen LogP contribution in [0.15, 0.2) is 81.0 Å². The van der Waals surface area contributed by atoms with Crippen LogP contribution in [0.3, 0.4) is 0 Å². The van der Waals surface area contributed by atoms with E-state index in [0.29, 0.717) is 33.5 Å². The molecular weight excluding hydrogens is 591 g/mol. The van der Waals surface area contributed by atoms with Crippen LogP contribution in [0.5, 0.6) is 5.75 Å². The van der Waals surface area contributed by atoms with Gasteiger partial charge in [-0.25, -0.2) is 9.29 Å². The number of aromatic nitrogens is 1. The van der Waals surface area contributed by atoms with Gasteiger partial charge in [-0.05, 0) is 60.5 Å². The number of anilines is 1. The number of imide groups is 1. The number of nitrogens with one attached hydrogen (secondary N) is 1. The Morgan fingerprint density at radius 2 is 1.79 bits per heavy atom. The minimum Gasteiger partial charge on any atom is -0.489 e. The molecule has 4 aromatic rings. The predicted octanol–water partition coefficient (Wildman–Crippen LogP) is 6.02. The van der Waals surface area contributed by atoms with Crippen molar-refractivity contribution in [3.63, 3.8) is 0 Å². The van der Waals surface area contributed by atoms with Crippen molar-refractivity contribution in [3.05, 3.63) is 108 Å². The van der Waals surface area contributed by atoms with Gasteiger partial charge in [-0.1, -0.05) is 63.3 Å². The van der Waals surface area contributed by atoms with Gasteiger partial charge >= 0.3 is 4.87 Å². The Hall–Kier alpha value is -3.21. The molecule has 1 fully saturated rings. The second-order valence-electron chi connectivity index (χ2n) is 9.14. The number of halogens is 2. The van der Waals surface area contributed by atoms with E-state index in [1.165, 1.54) is 36.0 Å². The van der Waals surface area contributed by atoms with Crippen LogP contribution in [0.1, 0.15) is 27.5 Å². The van der Waals surface area contributed by atoms with E-state index in [1.54, 1.807) is 0 Å². The standard InChI is InChI=1S/C28H20BrFN2O4S2/c1-14-4-2-3-5-15(14)13-36-20-11-6-16(29)12-19(20)21-22-24(37-25-23(21)38-28(35)31-25)27(34)32(26(22)33)18-9-7-17(30)8-10-18/h2-12,21-22,24H,13H2,1H3,(H,31,35). The first-order chi connectivity index (χ1) is 18.3. The van der Waals surface area contributed by atoms with Gasteiger partial charge in [-0.2, -0.15) is 0 Å². The molecule has 0 bridgehead atoms. The van der Waals surface area contributed by atoms with Crippen LogP contribution >= 0.6 is 39.0 Å². The summed E-state index contributed by atoms with van der Waals surface area (Å²) in [5.41, 5.74) is 3.15. The number of thioether (sulfide) groups is 1. The first-order valence-electron chi connectivity index (χ1n) is 11.8. The van der Waals surface area contributed by atoms with E-state index in [9.17, 15) is 18.8 Å². The molecule has 0 saturated carbocycles. The van der Waals surface area contributed by atoms with Gasteiger partial charge in [0.15, 0.2) is 0 Å². The summed E-state index contributed by atoms with van der Waals surface area (Å²) in [4.78, 5) is 44.4. The molecule has 6 nitrogen and oxygen atoms in total. The summed E-state index contributed by atoms with van der Waals surface area (Å²) in [5, 5.41) is -0.170. The van der Waals surface area contributed by atoms with Gasteiger partial charge in [0.1, 0.15) is 23.4 Å². The number of nitrogens with zero attached hydrogens (tertiary/aromatic N) is 1. The van der Waals surface area contributed by atoms with Crippen LogP contribution < -0.4 is 14.5 Å². The highest BCUT2D eigenvalue weighted by Gasteiger charge is 2.56. The van der Waals surface area contributed by atoms with Crippen molar-refractivity contribution in [1.82, 2.24) is 4.98 Å². The summed E-state index contributed by atoms with van der Waals surface area (Å²) in [6.45, 7) is 2.34. The second kappa shape index (κ2) is 9.83. The third-order valence-corrected chi connectivity index (χ3v) is 9.75. The van der Waals surface area contributed by atoms with Crippen LogP contribution in [0, 0.1) is 18.7 Å². The molecule has 1 aromatic heterocycles. The van der Waals surface area contributed by atoms with Crippen LogP contribution in [0.2, 0.25) is 0 Å². The van der Waals surface area contributed by atoms with E-state index >= 15 is 0 Å². The lowest BCUT2D eigenvalue weighted by Crippen LogP contribution is -2.32. The molecule has 3 unspecified atom stereocenters. The van der Waals surface area contributed by atoms with E-state index in [2.05, 4.69) is 20.9 Å². The first-order valence-corrected chi connectivity index (χ1v) is 14.3. The lowest BCUT2D eigenvalue weighted by Gasteiger charge is -2.31. The number of thiazole rings is 1. The Morgan fingerprint density at radius 1 is 1.03 bits per heavy atom. The average molecular weight is 612 g/mol. The van der Waals surface area contributed by atoms with Gasteiger partial charge in [-0.3, -0.25) is 14.4 Å². The lowest BCUT2D eigenvalue weighted by atomic mass is 9.82. The smallest absolute Gasteiger partial charge is 0.305 e. The quantitative estimate of drug-likeness (QED) is 0.279. The van der Waals surface area contributed by atoms with Gasteiger partial charge in [0.25, 0.3) is 0 Å². The highest BCUT2D eigenvalue weighted by atomic mass is 79.9. The number of H-pyrrole nitrogens is 1. The molecule has 3 aromatic carbocycles. The molecule has 2 aliphatic rings. The van der Waals surface area contributed by atoms with Gasteiger partial charge in [0.05, 0.1) is 16.6 Å². The van der Waals surface area contributed by atoms with Crippen molar-refractivity contribution < 1.29 is 18.7 Å². The Bertz CT molecular complexity index is 1630. The van der Waals surface area contributed by atoms with Crippen LogP contribution in [-0.4, -0.2) is 22.0 Å². The van der Waals surface area contributed by atoms with E-state index in [-0.39, 0.29) is 10.8 Å². The molecule has 10 heteroatoms.